The van der Waals surface area contributed by atoms with E-state index in [0.29, 0.717) is 6.61 Å². The van der Waals surface area contributed by atoms with Crippen molar-refractivity contribution in [3.8, 4) is 0 Å². The Kier molecular flexibility index (Phi) is 8.07. The number of nitrogens with one attached hydrogen (secondary N) is 1. The van der Waals surface area contributed by atoms with Crippen molar-refractivity contribution in [3.63, 3.8) is 0 Å². The van der Waals surface area contributed by atoms with E-state index in [0.717, 1.165) is 5.56 Å². The number of carbonyl (C=O) groups is 4. The largest absolute Gasteiger partial charge is 0.465 e. The van der Waals surface area contributed by atoms with E-state index in [1.54, 1.807) is 31.4 Å². The standard InChI is InChI=1S/C21H21NO8/c1-27-11-13-4-6-14(7-5-13)20(25)30-12-18(23)22-17-10-15(19(24)28-2)8-9-16(17)21(26)29-3/h4-10H,11-12H2,1-3H3,(H,22,23). The van der Waals surface area contributed by atoms with Gasteiger partial charge in [-0.15, -0.1) is 0 Å². The van der Waals surface area contributed by atoms with Crippen molar-refractivity contribution in [2.75, 3.05) is 33.3 Å². The molecule has 0 unspecified atom stereocenters. The summed E-state index contributed by atoms with van der Waals surface area (Å²) in [6, 6.07) is 10.5. The van der Waals surface area contributed by atoms with Crippen molar-refractivity contribution >= 4 is 29.5 Å². The van der Waals surface area contributed by atoms with E-state index in [1.165, 1.54) is 32.4 Å². The Balaban J connectivity index is 2.06. The zero-order chi connectivity index (χ0) is 22.1. The fourth-order valence-electron chi connectivity index (χ4n) is 2.48. The van der Waals surface area contributed by atoms with Gasteiger partial charge in [0, 0.05) is 7.11 Å². The predicted octanol–water partition coefficient (Wildman–Crippen LogP) is 2.20. The lowest BCUT2D eigenvalue weighted by atomic mass is 10.1. The molecule has 0 atom stereocenters. The van der Waals surface area contributed by atoms with Gasteiger partial charge in [0.15, 0.2) is 6.61 Å². The first-order valence-electron chi connectivity index (χ1n) is 8.75. The summed E-state index contributed by atoms with van der Waals surface area (Å²) in [5, 5.41) is 2.44. The molecule has 0 saturated carbocycles. The first-order valence-corrected chi connectivity index (χ1v) is 8.75. The van der Waals surface area contributed by atoms with Crippen LogP contribution in [0.25, 0.3) is 0 Å². The number of ether oxygens (including phenoxy) is 4. The van der Waals surface area contributed by atoms with Gasteiger partial charge in [-0.2, -0.15) is 0 Å². The van der Waals surface area contributed by atoms with Crippen LogP contribution in [0.15, 0.2) is 42.5 Å². The zero-order valence-corrected chi connectivity index (χ0v) is 16.7. The molecule has 0 aromatic heterocycles. The second-order valence-corrected chi connectivity index (χ2v) is 6.00. The molecule has 2 rings (SSSR count). The van der Waals surface area contributed by atoms with Gasteiger partial charge >= 0.3 is 17.9 Å². The lowest BCUT2D eigenvalue weighted by Gasteiger charge is -2.12. The van der Waals surface area contributed by atoms with E-state index >= 15 is 0 Å². The van der Waals surface area contributed by atoms with E-state index in [-0.39, 0.29) is 22.4 Å². The molecule has 9 nitrogen and oxygen atoms in total. The second-order valence-electron chi connectivity index (χ2n) is 6.00. The highest BCUT2D eigenvalue weighted by Crippen LogP contribution is 2.20. The molecular formula is C21H21NO8. The van der Waals surface area contributed by atoms with E-state index in [9.17, 15) is 19.2 Å². The van der Waals surface area contributed by atoms with Gasteiger partial charge in [-0.25, -0.2) is 14.4 Å². The number of amides is 1. The summed E-state index contributed by atoms with van der Waals surface area (Å²) in [5.74, 6) is -2.75. The molecule has 9 heteroatoms. The van der Waals surface area contributed by atoms with Gasteiger partial charge < -0.3 is 24.3 Å². The van der Waals surface area contributed by atoms with Gasteiger partial charge in [0.1, 0.15) is 0 Å². The quantitative estimate of drug-likeness (QED) is 0.515. The molecule has 0 bridgehead atoms. The van der Waals surface area contributed by atoms with Gasteiger partial charge in [0.05, 0.1) is 43.2 Å². The maximum Gasteiger partial charge on any atom is 0.339 e. The zero-order valence-electron chi connectivity index (χ0n) is 16.7. The minimum absolute atomic E-state index is 0.0229. The fraction of sp³-hybridized carbons (Fsp3) is 0.238. The molecule has 2 aromatic rings. The highest BCUT2D eigenvalue weighted by Gasteiger charge is 2.18. The molecule has 1 N–H and O–H groups in total. The maximum atomic E-state index is 12.2. The third-order valence-electron chi connectivity index (χ3n) is 3.96. The number of hydrogen-bond donors (Lipinski definition) is 1. The Hall–Kier alpha value is -3.72. The molecule has 158 valence electrons. The molecule has 1 amide bonds. The number of rotatable bonds is 8. The summed E-state index contributed by atoms with van der Waals surface area (Å²) < 4.78 is 19.3. The topological polar surface area (TPSA) is 117 Å². The average Bonchev–Trinajstić information content (AvgIpc) is 2.77. The molecule has 0 spiro atoms. The molecule has 30 heavy (non-hydrogen) atoms. The number of hydrogen-bond acceptors (Lipinski definition) is 8. The van der Waals surface area contributed by atoms with Crippen molar-refractivity contribution in [1.29, 1.82) is 0 Å². The summed E-state index contributed by atoms with van der Waals surface area (Å²) in [7, 11) is 3.95. The summed E-state index contributed by atoms with van der Waals surface area (Å²) in [4.78, 5) is 48.0. The third-order valence-corrected chi connectivity index (χ3v) is 3.96. The van der Waals surface area contributed by atoms with Crippen LogP contribution in [0.2, 0.25) is 0 Å². The van der Waals surface area contributed by atoms with Gasteiger partial charge in [-0.05, 0) is 35.9 Å². The highest BCUT2D eigenvalue weighted by molar-refractivity contribution is 6.04. The van der Waals surface area contributed by atoms with E-state index < -0.39 is 30.4 Å². The Labute approximate surface area is 172 Å². The SMILES string of the molecule is COCc1ccc(C(=O)OCC(=O)Nc2cc(C(=O)OC)ccc2C(=O)OC)cc1. The number of carbonyl (C=O) groups excluding carboxylic acids is 4. The van der Waals surface area contributed by atoms with Crippen LogP contribution < -0.4 is 5.32 Å². The Morgan fingerprint density at radius 1 is 0.800 bits per heavy atom. The first kappa shape index (κ1) is 22.6. The smallest absolute Gasteiger partial charge is 0.339 e. The number of anilines is 1. The highest BCUT2D eigenvalue weighted by atomic mass is 16.5. The minimum atomic E-state index is -0.713. The van der Waals surface area contributed by atoms with Gasteiger partial charge in [0.25, 0.3) is 5.91 Å². The van der Waals surface area contributed by atoms with Crippen molar-refractivity contribution in [2.45, 2.75) is 6.61 Å². The Morgan fingerprint density at radius 3 is 2.03 bits per heavy atom. The molecule has 0 radical (unpaired) electrons. The van der Waals surface area contributed by atoms with Crippen LogP contribution in [0.1, 0.15) is 36.6 Å². The van der Waals surface area contributed by atoms with Crippen LogP contribution in [-0.4, -0.2) is 51.8 Å². The van der Waals surface area contributed by atoms with Crippen molar-refractivity contribution in [3.05, 3.63) is 64.7 Å². The maximum absolute atomic E-state index is 12.2. The van der Waals surface area contributed by atoms with Crippen LogP contribution in [-0.2, 0) is 30.3 Å². The number of methoxy groups -OCH3 is 3. The summed E-state index contributed by atoms with van der Waals surface area (Å²) in [6.45, 7) is -0.188. The van der Waals surface area contributed by atoms with E-state index in [1.807, 2.05) is 0 Å². The molecule has 0 heterocycles. The minimum Gasteiger partial charge on any atom is -0.465 e. The molecule has 2 aromatic carbocycles. The summed E-state index contributed by atoms with van der Waals surface area (Å²) in [6.07, 6.45) is 0. The molecule has 0 aliphatic heterocycles. The van der Waals surface area contributed by atoms with E-state index in [2.05, 4.69) is 14.8 Å². The Bertz CT molecular complexity index is 937. The lowest BCUT2D eigenvalue weighted by molar-refractivity contribution is -0.119. The summed E-state index contributed by atoms with van der Waals surface area (Å²) >= 11 is 0. The lowest BCUT2D eigenvalue weighted by Crippen LogP contribution is -2.22. The second kappa shape index (κ2) is 10.7. The molecule has 0 saturated heterocycles. The van der Waals surface area contributed by atoms with Crippen LogP contribution >= 0.6 is 0 Å². The van der Waals surface area contributed by atoms with Gasteiger partial charge in [-0.1, -0.05) is 12.1 Å². The van der Waals surface area contributed by atoms with E-state index in [4.69, 9.17) is 9.47 Å². The monoisotopic (exact) mass is 415 g/mol. The molecule has 0 fully saturated rings. The normalized spacial score (nSPS) is 10.1. The molecule has 0 aliphatic rings. The van der Waals surface area contributed by atoms with Crippen molar-refractivity contribution in [1.82, 2.24) is 0 Å². The molecular weight excluding hydrogens is 394 g/mol. The third kappa shape index (κ3) is 5.89. The number of benzene rings is 2. The van der Waals surface area contributed by atoms with Crippen LogP contribution in [0.5, 0.6) is 0 Å². The van der Waals surface area contributed by atoms with Crippen LogP contribution in [0.3, 0.4) is 0 Å². The Morgan fingerprint density at radius 2 is 1.43 bits per heavy atom. The fourth-order valence-corrected chi connectivity index (χ4v) is 2.48. The van der Waals surface area contributed by atoms with Crippen LogP contribution in [0, 0.1) is 0 Å². The van der Waals surface area contributed by atoms with Crippen molar-refractivity contribution in [2.24, 2.45) is 0 Å². The van der Waals surface area contributed by atoms with Gasteiger partial charge in [0.2, 0.25) is 0 Å². The predicted molar refractivity (Wildman–Crippen MR) is 105 cm³/mol. The molecule has 0 aliphatic carbocycles. The number of esters is 3. The summed E-state index contributed by atoms with van der Waals surface area (Å²) in [5.41, 5.74) is 1.32. The van der Waals surface area contributed by atoms with Crippen LogP contribution in [0.4, 0.5) is 5.69 Å². The average molecular weight is 415 g/mol. The van der Waals surface area contributed by atoms with Gasteiger partial charge in [-0.3, -0.25) is 4.79 Å². The van der Waals surface area contributed by atoms with Crippen molar-refractivity contribution < 1.29 is 38.1 Å². The first-order chi connectivity index (χ1) is 14.4.